The number of nitrogens with zero attached hydrogens (tertiary/aromatic N) is 1. The standard InChI is InChI=1S/C25H35Cl2NO9S/c26-23-24(27)38-28(25(23)30)7-9-32-11-13-34-15-17-36-19-18-35-16-14-33-12-10-31-8-6-22(29)37-20-21-4-2-1-3-5-21/h1-5H,6-20H2. The van der Waals surface area contributed by atoms with E-state index in [0.717, 1.165) is 17.1 Å². The minimum Gasteiger partial charge on any atom is -0.461 e. The van der Waals surface area contributed by atoms with Crippen LogP contribution in [0.4, 0.5) is 0 Å². The molecule has 0 aliphatic rings. The summed E-state index contributed by atoms with van der Waals surface area (Å²) in [7, 11) is 0. The molecule has 0 fully saturated rings. The Morgan fingerprint density at radius 3 is 1.66 bits per heavy atom. The van der Waals surface area contributed by atoms with Gasteiger partial charge in [0.2, 0.25) is 0 Å². The Morgan fingerprint density at radius 2 is 1.18 bits per heavy atom. The Balaban J connectivity index is 1.24. The van der Waals surface area contributed by atoms with Crippen LogP contribution in [0.5, 0.6) is 0 Å². The number of carbonyl (C=O) groups is 1. The van der Waals surface area contributed by atoms with Crippen LogP contribution in [0.3, 0.4) is 0 Å². The zero-order chi connectivity index (χ0) is 27.3. The molecule has 0 unspecified atom stereocenters. The van der Waals surface area contributed by atoms with Gasteiger partial charge in [-0.1, -0.05) is 53.5 Å². The van der Waals surface area contributed by atoms with Crippen LogP contribution < -0.4 is 5.56 Å². The molecule has 0 saturated carbocycles. The van der Waals surface area contributed by atoms with Crippen LogP contribution in [0.25, 0.3) is 0 Å². The maximum Gasteiger partial charge on any atom is 0.308 e. The van der Waals surface area contributed by atoms with Gasteiger partial charge >= 0.3 is 5.97 Å². The Morgan fingerprint density at radius 1 is 0.711 bits per heavy atom. The summed E-state index contributed by atoms with van der Waals surface area (Å²) in [6.45, 7) is 5.74. The van der Waals surface area contributed by atoms with E-state index in [9.17, 15) is 9.59 Å². The van der Waals surface area contributed by atoms with Crippen LogP contribution in [0.2, 0.25) is 9.36 Å². The molecule has 2 rings (SSSR count). The second-order valence-corrected chi connectivity index (χ2v) is 9.67. The molecule has 1 aromatic carbocycles. The molecule has 1 aromatic heterocycles. The lowest BCUT2D eigenvalue weighted by Crippen LogP contribution is -2.18. The number of halogens is 2. The predicted octanol–water partition coefficient (Wildman–Crippen LogP) is 3.45. The zero-order valence-corrected chi connectivity index (χ0v) is 23.6. The highest BCUT2D eigenvalue weighted by molar-refractivity contribution is 7.11. The molecule has 0 aliphatic carbocycles. The van der Waals surface area contributed by atoms with Crippen molar-refractivity contribution in [1.82, 2.24) is 3.96 Å². The van der Waals surface area contributed by atoms with Crippen LogP contribution in [-0.4, -0.2) is 89.2 Å². The van der Waals surface area contributed by atoms with Gasteiger partial charge in [-0.05, 0) is 17.1 Å². The first-order chi connectivity index (χ1) is 18.6. The molecule has 0 radical (unpaired) electrons. The van der Waals surface area contributed by atoms with Crippen LogP contribution in [0.15, 0.2) is 35.1 Å². The van der Waals surface area contributed by atoms with Gasteiger partial charge in [0, 0.05) is 0 Å². The Hall–Kier alpha value is -1.54. The summed E-state index contributed by atoms with van der Waals surface area (Å²) in [5.41, 5.74) is 0.657. The van der Waals surface area contributed by atoms with Gasteiger partial charge in [0.15, 0.2) is 0 Å². The van der Waals surface area contributed by atoms with E-state index in [1.807, 2.05) is 30.3 Å². The third-order valence-corrected chi connectivity index (χ3v) is 6.66. The van der Waals surface area contributed by atoms with E-state index >= 15 is 0 Å². The van der Waals surface area contributed by atoms with E-state index < -0.39 is 0 Å². The van der Waals surface area contributed by atoms with E-state index in [-0.39, 0.29) is 33.9 Å². The van der Waals surface area contributed by atoms with Gasteiger partial charge < -0.3 is 33.2 Å². The SMILES string of the molecule is O=C(CCOCCOCCOCCOCCOCCOCCn1sc(Cl)c(Cl)c1=O)OCc1ccccc1. The fraction of sp³-hybridized carbons (Fsp3) is 0.600. The van der Waals surface area contributed by atoms with Crippen LogP contribution in [0, 0.1) is 0 Å². The number of rotatable bonds is 23. The smallest absolute Gasteiger partial charge is 0.308 e. The van der Waals surface area contributed by atoms with Crippen molar-refractivity contribution in [2.45, 2.75) is 19.6 Å². The van der Waals surface area contributed by atoms with E-state index in [1.165, 1.54) is 3.96 Å². The summed E-state index contributed by atoms with van der Waals surface area (Å²) in [6, 6.07) is 9.53. The van der Waals surface area contributed by atoms with E-state index in [2.05, 4.69) is 0 Å². The van der Waals surface area contributed by atoms with E-state index in [4.69, 9.17) is 56.4 Å². The minimum absolute atomic E-state index is 0.0490. The normalized spacial score (nSPS) is 11.2. The molecule has 214 valence electrons. The van der Waals surface area contributed by atoms with Gasteiger partial charge in [-0.3, -0.25) is 13.5 Å². The first-order valence-electron chi connectivity index (χ1n) is 12.3. The maximum absolute atomic E-state index is 11.7. The van der Waals surface area contributed by atoms with Gasteiger partial charge in [0.1, 0.15) is 16.0 Å². The molecule has 0 bridgehead atoms. The summed E-state index contributed by atoms with van der Waals surface area (Å²) >= 11 is 12.7. The fourth-order valence-electron chi connectivity index (χ4n) is 2.83. The van der Waals surface area contributed by atoms with E-state index in [0.29, 0.717) is 85.8 Å². The largest absolute Gasteiger partial charge is 0.461 e. The molecule has 10 nitrogen and oxygen atoms in total. The predicted molar refractivity (Wildman–Crippen MR) is 144 cm³/mol. The Labute approximate surface area is 236 Å². The molecule has 0 amide bonds. The Kier molecular flexibility index (Phi) is 18.3. The lowest BCUT2D eigenvalue weighted by Gasteiger charge is -2.08. The third-order valence-electron chi connectivity index (χ3n) is 4.77. The number of esters is 1. The Bertz CT molecular complexity index is 943. The molecular formula is C25H35Cl2NO9S. The highest BCUT2D eigenvalue weighted by Crippen LogP contribution is 2.22. The second-order valence-electron chi connectivity index (χ2n) is 7.66. The van der Waals surface area contributed by atoms with Crippen molar-refractivity contribution >= 4 is 40.7 Å². The molecule has 0 N–H and O–H groups in total. The monoisotopic (exact) mass is 595 g/mol. The van der Waals surface area contributed by atoms with Crippen molar-refractivity contribution in [3.63, 3.8) is 0 Å². The zero-order valence-electron chi connectivity index (χ0n) is 21.3. The summed E-state index contributed by atoms with van der Waals surface area (Å²) in [5, 5.41) is 0.0490. The number of hydrogen-bond acceptors (Lipinski definition) is 10. The molecule has 0 spiro atoms. The average molecular weight is 597 g/mol. The number of benzene rings is 1. The average Bonchev–Trinajstić information content (AvgIpc) is 3.17. The molecule has 1 heterocycles. The fourth-order valence-corrected chi connectivity index (χ4v) is 4.12. The van der Waals surface area contributed by atoms with Crippen molar-refractivity contribution in [2.75, 3.05) is 79.3 Å². The van der Waals surface area contributed by atoms with Crippen molar-refractivity contribution < 1.29 is 38.0 Å². The van der Waals surface area contributed by atoms with Crippen molar-refractivity contribution in [2.24, 2.45) is 0 Å². The summed E-state index contributed by atoms with van der Waals surface area (Å²) in [4.78, 5) is 23.4. The molecule has 0 atom stereocenters. The molecule has 38 heavy (non-hydrogen) atoms. The lowest BCUT2D eigenvalue weighted by molar-refractivity contribution is -0.146. The van der Waals surface area contributed by atoms with Gasteiger partial charge in [-0.25, -0.2) is 0 Å². The van der Waals surface area contributed by atoms with Crippen molar-refractivity contribution in [3.05, 3.63) is 55.6 Å². The third kappa shape index (κ3) is 15.2. The van der Waals surface area contributed by atoms with Crippen LogP contribution >= 0.6 is 34.7 Å². The molecule has 0 saturated heterocycles. The highest BCUT2D eigenvalue weighted by atomic mass is 35.5. The highest BCUT2D eigenvalue weighted by Gasteiger charge is 2.10. The minimum atomic E-state index is -0.299. The molecule has 2 aromatic rings. The van der Waals surface area contributed by atoms with Crippen molar-refractivity contribution in [3.8, 4) is 0 Å². The molecule has 0 aliphatic heterocycles. The van der Waals surface area contributed by atoms with Gasteiger partial charge in [-0.15, -0.1) is 0 Å². The summed E-state index contributed by atoms with van der Waals surface area (Å²) in [5.74, 6) is -0.288. The number of ether oxygens (including phenoxy) is 7. The molecule has 13 heteroatoms. The van der Waals surface area contributed by atoms with Crippen LogP contribution in [0.1, 0.15) is 12.0 Å². The quantitative estimate of drug-likeness (QED) is 0.141. The maximum atomic E-state index is 11.7. The first-order valence-corrected chi connectivity index (χ1v) is 13.8. The van der Waals surface area contributed by atoms with Crippen molar-refractivity contribution in [1.29, 1.82) is 0 Å². The van der Waals surface area contributed by atoms with Crippen LogP contribution in [-0.2, 0) is 51.1 Å². The topological polar surface area (TPSA) is 104 Å². The lowest BCUT2D eigenvalue weighted by atomic mass is 10.2. The van der Waals surface area contributed by atoms with E-state index in [1.54, 1.807) is 0 Å². The number of hydrogen-bond donors (Lipinski definition) is 0. The number of carbonyl (C=O) groups excluding carboxylic acids is 1. The summed E-state index contributed by atoms with van der Waals surface area (Å²) in [6.07, 6.45) is 0.209. The van der Waals surface area contributed by atoms with Gasteiger partial charge in [0.05, 0.1) is 92.2 Å². The number of aromatic nitrogens is 1. The van der Waals surface area contributed by atoms with Gasteiger partial charge in [0.25, 0.3) is 5.56 Å². The first kappa shape index (κ1) is 32.7. The molecular weight excluding hydrogens is 561 g/mol. The second kappa shape index (κ2) is 21.3. The van der Waals surface area contributed by atoms with Gasteiger partial charge in [-0.2, -0.15) is 0 Å². The summed E-state index contributed by atoms with van der Waals surface area (Å²) < 4.78 is 39.4.